The largest absolute Gasteiger partial charge is 0.474 e. The first-order valence-electron chi connectivity index (χ1n) is 7.91. The third kappa shape index (κ3) is 5.85. The third-order valence-electron chi connectivity index (χ3n) is 3.96. The summed E-state index contributed by atoms with van der Waals surface area (Å²) in [5, 5.41) is 0. The summed E-state index contributed by atoms with van der Waals surface area (Å²) in [6, 6.07) is 8.65. The summed E-state index contributed by atoms with van der Waals surface area (Å²) in [4.78, 5) is 0. The predicted molar refractivity (Wildman–Crippen MR) is 90.3 cm³/mol. The molecule has 1 aromatic carbocycles. The van der Waals surface area contributed by atoms with Crippen molar-refractivity contribution in [2.45, 2.75) is 52.4 Å². The van der Waals surface area contributed by atoms with Crippen LogP contribution in [0.4, 0.5) is 0 Å². The molecule has 0 amide bonds. The van der Waals surface area contributed by atoms with Gasteiger partial charge in [-0.15, -0.1) is 0 Å². The molecule has 4 nitrogen and oxygen atoms in total. The molecule has 0 aromatic heterocycles. The van der Waals surface area contributed by atoms with E-state index in [-0.39, 0.29) is 5.41 Å². The molecule has 0 saturated heterocycles. The van der Waals surface area contributed by atoms with Gasteiger partial charge < -0.3 is 0 Å². The lowest BCUT2D eigenvalue weighted by molar-refractivity contribution is 0.135. The van der Waals surface area contributed by atoms with Crippen LogP contribution in [0, 0.1) is 0 Å². The summed E-state index contributed by atoms with van der Waals surface area (Å²) < 4.78 is 27.1. The van der Waals surface area contributed by atoms with Crippen molar-refractivity contribution in [1.29, 1.82) is 0 Å². The fourth-order valence-electron chi connectivity index (χ4n) is 2.11. The molecular formula is C17H29O4P. The van der Waals surface area contributed by atoms with Crippen molar-refractivity contribution in [1.82, 2.24) is 0 Å². The average molecular weight is 328 g/mol. The Balaban J connectivity index is 2.52. The normalized spacial score (nSPS) is 14.8. The molecule has 1 aromatic rings. The second-order valence-electron chi connectivity index (χ2n) is 5.92. The quantitative estimate of drug-likeness (QED) is 0.442. The molecule has 0 aliphatic heterocycles. The Bertz CT molecular complexity index is 499. The Morgan fingerprint density at radius 1 is 1.18 bits per heavy atom. The van der Waals surface area contributed by atoms with Gasteiger partial charge in [0.05, 0.1) is 13.2 Å². The number of benzene rings is 1. The topological polar surface area (TPSA) is 44.8 Å². The summed E-state index contributed by atoms with van der Waals surface area (Å²) in [5.74, 6) is 0. The minimum atomic E-state index is -3.36. The van der Waals surface area contributed by atoms with Crippen LogP contribution in [0.15, 0.2) is 24.3 Å². The predicted octanol–water partition coefficient (Wildman–Crippen LogP) is 5.11. The van der Waals surface area contributed by atoms with E-state index in [4.69, 9.17) is 13.6 Å². The van der Waals surface area contributed by atoms with Gasteiger partial charge in [0.1, 0.15) is 0 Å². The molecule has 0 spiro atoms. The zero-order valence-electron chi connectivity index (χ0n) is 14.4. The molecule has 0 aliphatic carbocycles. The van der Waals surface area contributed by atoms with Gasteiger partial charge in [0.15, 0.2) is 0 Å². The molecule has 0 aliphatic rings. The Labute approximate surface area is 134 Å². The van der Waals surface area contributed by atoms with E-state index in [1.807, 2.05) is 0 Å². The molecule has 22 heavy (non-hydrogen) atoms. The maximum Gasteiger partial charge on any atom is 0.474 e. The van der Waals surface area contributed by atoms with Crippen molar-refractivity contribution < 1.29 is 18.1 Å². The smallest absolute Gasteiger partial charge is 0.290 e. The zero-order valence-corrected chi connectivity index (χ0v) is 15.3. The van der Waals surface area contributed by atoms with E-state index in [9.17, 15) is 4.57 Å². The molecule has 1 rings (SSSR count). The summed E-state index contributed by atoms with van der Waals surface area (Å²) in [5.41, 5.74) is 2.81. The maximum absolute atomic E-state index is 12.0. The molecule has 0 N–H and O–H groups in total. The summed E-state index contributed by atoms with van der Waals surface area (Å²) in [6.45, 7) is 9.14. The Hall–Kier alpha value is -0.670. The highest BCUT2D eigenvalue weighted by Gasteiger charge is 2.23. The van der Waals surface area contributed by atoms with Crippen LogP contribution in [0.5, 0.6) is 0 Å². The molecule has 0 bridgehead atoms. The Kier molecular flexibility index (Phi) is 7.78. The van der Waals surface area contributed by atoms with E-state index in [0.29, 0.717) is 13.2 Å². The van der Waals surface area contributed by atoms with E-state index >= 15 is 0 Å². The van der Waals surface area contributed by atoms with E-state index in [0.717, 1.165) is 19.3 Å². The second kappa shape index (κ2) is 8.83. The lowest BCUT2D eigenvalue weighted by Gasteiger charge is -2.24. The zero-order chi connectivity index (χ0) is 16.6. The number of rotatable bonds is 10. The van der Waals surface area contributed by atoms with Gasteiger partial charge in [0.2, 0.25) is 0 Å². The van der Waals surface area contributed by atoms with Crippen molar-refractivity contribution in [2.75, 3.05) is 20.3 Å². The fraction of sp³-hybridized carbons (Fsp3) is 0.647. The van der Waals surface area contributed by atoms with Gasteiger partial charge in [0, 0.05) is 7.11 Å². The van der Waals surface area contributed by atoms with Crippen LogP contribution in [0.1, 0.15) is 51.7 Å². The lowest BCUT2D eigenvalue weighted by atomic mass is 9.81. The molecule has 5 heteroatoms. The fourth-order valence-corrected chi connectivity index (χ4v) is 3.06. The van der Waals surface area contributed by atoms with Crippen molar-refractivity contribution in [3.8, 4) is 0 Å². The van der Waals surface area contributed by atoms with Crippen LogP contribution in [0.3, 0.4) is 0 Å². The maximum atomic E-state index is 12.0. The summed E-state index contributed by atoms with van der Waals surface area (Å²) in [6.07, 6.45) is 2.75. The van der Waals surface area contributed by atoms with Gasteiger partial charge in [-0.25, -0.2) is 4.57 Å². The number of phosphoric ester groups is 1. The molecule has 1 unspecified atom stereocenters. The monoisotopic (exact) mass is 328 g/mol. The van der Waals surface area contributed by atoms with E-state index in [1.165, 1.54) is 18.2 Å². The number of aryl methyl sites for hydroxylation is 1. The molecule has 0 saturated carbocycles. The summed E-state index contributed by atoms with van der Waals surface area (Å²) in [7, 11) is -2.02. The third-order valence-corrected chi connectivity index (χ3v) is 5.48. The Morgan fingerprint density at radius 3 is 2.50 bits per heavy atom. The van der Waals surface area contributed by atoms with Gasteiger partial charge in [0.25, 0.3) is 0 Å². The molecular weight excluding hydrogens is 299 g/mol. The minimum absolute atomic E-state index is 0.188. The van der Waals surface area contributed by atoms with Crippen molar-refractivity contribution in [3.63, 3.8) is 0 Å². The molecule has 0 radical (unpaired) electrons. The molecule has 0 heterocycles. The minimum Gasteiger partial charge on any atom is -0.290 e. The second-order valence-corrected chi connectivity index (χ2v) is 7.70. The first-order chi connectivity index (χ1) is 10.4. The van der Waals surface area contributed by atoms with Crippen molar-refractivity contribution in [3.05, 3.63) is 35.4 Å². The average Bonchev–Trinajstić information content (AvgIpc) is 2.52. The highest BCUT2D eigenvalue weighted by Crippen LogP contribution is 2.48. The van der Waals surface area contributed by atoms with Crippen LogP contribution in [-0.4, -0.2) is 20.3 Å². The SMILES string of the molecule is CCOP(=O)(OC)OCCCc1cccc(C(C)(C)CC)c1. The molecule has 1 atom stereocenters. The van der Waals surface area contributed by atoms with E-state index < -0.39 is 7.82 Å². The van der Waals surface area contributed by atoms with Crippen LogP contribution >= 0.6 is 7.82 Å². The van der Waals surface area contributed by atoms with Crippen molar-refractivity contribution >= 4 is 7.82 Å². The van der Waals surface area contributed by atoms with Gasteiger partial charge >= 0.3 is 7.82 Å². The molecule has 0 fully saturated rings. The highest BCUT2D eigenvalue weighted by molar-refractivity contribution is 7.48. The molecule has 126 valence electrons. The standard InChI is InChI=1S/C17H29O4P/c1-6-17(3,4)16-12-8-10-15(14-16)11-9-13-21-22(18,19-5)20-7-2/h8,10,12,14H,6-7,9,11,13H2,1-5H3. The first kappa shape index (κ1) is 19.4. The van der Waals surface area contributed by atoms with Crippen LogP contribution < -0.4 is 0 Å². The summed E-state index contributed by atoms with van der Waals surface area (Å²) >= 11 is 0. The highest BCUT2D eigenvalue weighted by atomic mass is 31.2. The van der Waals surface area contributed by atoms with Gasteiger partial charge in [-0.05, 0) is 42.7 Å². The van der Waals surface area contributed by atoms with Gasteiger partial charge in [-0.3, -0.25) is 13.6 Å². The van der Waals surface area contributed by atoms with E-state index in [2.05, 4.69) is 45.0 Å². The number of hydrogen-bond donors (Lipinski definition) is 0. The van der Waals surface area contributed by atoms with Gasteiger partial charge in [-0.2, -0.15) is 0 Å². The van der Waals surface area contributed by atoms with Crippen LogP contribution in [0.25, 0.3) is 0 Å². The van der Waals surface area contributed by atoms with Crippen LogP contribution in [0.2, 0.25) is 0 Å². The van der Waals surface area contributed by atoms with Crippen LogP contribution in [-0.2, 0) is 30.0 Å². The number of phosphoric acid groups is 1. The van der Waals surface area contributed by atoms with Crippen molar-refractivity contribution in [2.24, 2.45) is 0 Å². The lowest BCUT2D eigenvalue weighted by Crippen LogP contribution is -2.15. The first-order valence-corrected chi connectivity index (χ1v) is 9.37. The Morgan fingerprint density at radius 2 is 1.91 bits per heavy atom. The number of hydrogen-bond acceptors (Lipinski definition) is 4. The van der Waals surface area contributed by atoms with Gasteiger partial charge in [-0.1, -0.05) is 45.0 Å². The van der Waals surface area contributed by atoms with E-state index in [1.54, 1.807) is 6.92 Å².